The molecule has 0 spiro atoms. The van der Waals surface area contributed by atoms with Crippen molar-refractivity contribution in [3.05, 3.63) is 210 Å². The zero-order valence-corrected chi connectivity index (χ0v) is 33.6. The van der Waals surface area contributed by atoms with Gasteiger partial charge in [-0.2, -0.15) is 0 Å². The smallest absolute Gasteiger partial charge is 0.423 e. The zero-order chi connectivity index (χ0) is 58.8. The summed E-state index contributed by atoms with van der Waals surface area (Å²) in [4.78, 5) is 0. The molecular weight excluding hydrogens is 833 g/mol. The van der Waals surface area contributed by atoms with E-state index in [1.165, 1.54) is 24.3 Å². The Bertz CT molecular complexity index is 4120. The van der Waals surface area contributed by atoms with E-state index in [-0.39, 0.29) is 71.5 Å². The van der Waals surface area contributed by atoms with E-state index in [2.05, 4.69) is 15.9 Å². The van der Waals surface area contributed by atoms with Gasteiger partial charge in [0.05, 0.1) is 24.7 Å². The van der Waals surface area contributed by atoms with Crippen LogP contribution in [0.2, 0.25) is 0 Å². The lowest BCUT2D eigenvalue weighted by molar-refractivity contribution is 0.424. The Kier molecular flexibility index (Phi) is 7.90. The Morgan fingerprint density at radius 1 is 0.323 bits per heavy atom. The molecule has 0 fully saturated rings. The third kappa shape index (κ3) is 8.86. The van der Waals surface area contributed by atoms with Crippen LogP contribution in [0.5, 0.6) is 0 Å². The van der Waals surface area contributed by atoms with Crippen LogP contribution in [0.4, 0.5) is 0 Å². The van der Waals surface area contributed by atoms with Crippen molar-refractivity contribution < 1.29 is 54.8 Å². The molecule has 62 heavy (non-hydrogen) atoms. The normalized spacial score (nSPS) is 14.9. The van der Waals surface area contributed by atoms with Crippen LogP contribution in [-0.4, -0.2) is 51.5 Å². The molecule has 0 atom stereocenters. The lowest BCUT2D eigenvalue weighted by Crippen LogP contribution is -2.31. The first-order valence-electron chi connectivity index (χ1n) is 27.7. The molecule has 0 radical (unpaired) electrons. The predicted molar refractivity (Wildman–Crippen MR) is 263 cm³/mol. The Hall–Kier alpha value is -6.33. The van der Waals surface area contributed by atoms with Gasteiger partial charge >= 0.3 is 21.4 Å². The number of benzene rings is 10. The average molecular weight is 891 g/mol. The average Bonchev–Trinajstić information content (AvgIpc) is 3.57. The second-order valence-corrected chi connectivity index (χ2v) is 14.3. The molecule has 10 rings (SSSR count). The van der Waals surface area contributed by atoms with Gasteiger partial charge < -0.3 is 30.1 Å². The van der Waals surface area contributed by atoms with Crippen molar-refractivity contribution in [1.82, 2.24) is 0 Å². The highest BCUT2D eigenvalue weighted by Crippen LogP contribution is 2.43. The van der Waals surface area contributed by atoms with E-state index in [0.29, 0.717) is 27.4 Å². The molecule has 300 valence electrons. The fourth-order valence-corrected chi connectivity index (χ4v) is 7.34. The summed E-state index contributed by atoms with van der Waals surface area (Å²) in [6.45, 7) is 0. The third-order valence-electron chi connectivity index (χ3n) is 9.77. The summed E-state index contributed by atoms with van der Waals surface area (Å²) in [5, 5.41) is 57.9. The van der Waals surface area contributed by atoms with Crippen molar-refractivity contribution >= 4 is 96.8 Å². The largest absolute Gasteiger partial charge is 0.489 e. The number of halogens is 1. The molecule has 10 aromatic carbocycles. The van der Waals surface area contributed by atoms with E-state index < -0.39 is 124 Å². The molecule has 0 unspecified atom stereocenters. The van der Waals surface area contributed by atoms with Crippen LogP contribution in [0.3, 0.4) is 0 Å². The first kappa shape index (κ1) is 25.6. The highest BCUT2D eigenvalue weighted by Gasteiger charge is 2.22. The number of hydrogen-bond acceptors (Lipinski definition) is 6. The van der Waals surface area contributed by atoms with Crippen LogP contribution < -0.4 is 16.4 Å². The van der Waals surface area contributed by atoms with Gasteiger partial charge in [0.25, 0.3) is 0 Å². The lowest BCUT2D eigenvalue weighted by atomic mass is 9.72. The maximum atomic E-state index is 10.1. The summed E-state index contributed by atoms with van der Waals surface area (Å²) in [5.41, 5.74) is 1.29. The van der Waals surface area contributed by atoms with Crippen LogP contribution in [0.1, 0.15) is 24.7 Å². The first-order chi connectivity index (χ1) is 37.7. The molecule has 10 heteroatoms. The van der Waals surface area contributed by atoms with Crippen molar-refractivity contribution in [2.45, 2.75) is 0 Å². The van der Waals surface area contributed by atoms with Gasteiger partial charge in [-0.25, -0.2) is 0 Å². The van der Waals surface area contributed by atoms with Crippen LogP contribution in [0.25, 0.3) is 76.5 Å². The molecule has 10 aromatic rings. The van der Waals surface area contributed by atoms with Crippen LogP contribution >= 0.6 is 15.9 Å². The highest BCUT2D eigenvalue weighted by atomic mass is 79.9. The highest BCUT2D eigenvalue weighted by molar-refractivity contribution is 9.10. The Labute approximate surface area is 394 Å². The Balaban J connectivity index is 0.000000181. The van der Waals surface area contributed by atoms with Gasteiger partial charge in [0, 0.05) is 4.47 Å². The summed E-state index contributed by atoms with van der Waals surface area (Å²) >= 11 is 3.23. The van der Waals surface area contributed by atoms with Crippen molar-refractivity contribution in [3.8, 4) is 33.4 Å². The standard InChI is InChI=1S/C26H19BO2.C20H15BO2.C6H6BBrO2/c28-27(29)20-16-14-19(15-17-20)26-23-12-6-4-10-21(23)25(18-8-2-1-3-9-18)22-11-5-7-13-24(22)26;22-21(23)20-17-12-6-4-10-15(17)19(14-8-2-1-3-9-14)16-11-5-7-13-18(16)20;8-6-3-1-5(2-4-6)7(9)10/h1-17,28-29H;1-13,22-23H;1-4,9-10H/i2*1D,2D,3D,4D,6D,8D,9D,10D,12D;. The lowest BCUT2D eigenvalue weighted by Gasteiger charge is -2.17. The molecule has 6 nitrogen and oxygen atoms in total. The van der Waals surface area contributed by atoms with Crippen LogP contribution in [0.15, 0.2) is 210 Å². The van der Waals surface area contributed by atoms with Gasteiger partial charge in [-0.15, -0.1) is 0 Å². The minimum atomic E-state index is -2.09. The molecule has 0 amide bonds. The summed E-state index contributed by atoms with van der Waals surface area (Å²) in [5.74, 6) is 0. The van der Waals surface area contributed by atoms with Crippen molar-refractivity contribution in [3.63, 3.8) is 0 Å². The summed E-state index contributed by atoms with van der Waals surface area (Å²) in [6.07, 6.45) is 0. The number of hydrogen-bond donors (Lipinski definition) is 6. The Morgan fingerprint density at radius 3 is 1.08 bits per heavy atom. The van der Waals surface area contributed by atoms with E-state index in [9.17, 15) is 20.1 Å². The van der Waals surface area contributed by atoms with Crippen molar-refractivity contribution in [2.75, 3.05) is 0 Å². The quantitative estimate of drug-likeness (QED) is 0.0737. The van der Waals surface area contributed by atoms with Crippen LogP contribution in [0, 0.1) is 0 Å². The van der Waals surface area contributed by atoms with Gasteiger partial charge in [0.1, 0.15) is 0 Å². The van der Waals surface area contributed by atoms with E-state index in [1.807, 2.05) is 0 Å². The predicted octanol–water partition coefficient (Wildman–Crippen LogP) is 8.48. The van der Waals surface area contributed by atoms with Crippen molar-refractivity contribution in [2.24, 2.45) is 0 Å². The molecule has 0 aliphatic carbocycles. The molecule has 0 bridgehead atoms. The maximum Gasteiger partial charge on any atom is 0.489 e. The monoisotopic (exact) mass is 890 g/mol. The first-order valence-corrected chi connectivity index (χ1v) is 19.4. The van der Waals surface area contributed by atoms with Crippen molar-refractivity contribution in [1.29, 1.82) is 0 Å². The second kappa shape index (κ2) is 19.2. The molecule has 0 aromatic heterocycles. The van der Waals surface area contributed by atoms with E-state index in [1.54, 1.807) is 72.8 Å². The van der Waals surface area contributed by atoms with E-state index in [4.69, 9.17) is 34.7 Å². The Morgan fingerprint density at radius 2 is 0.661 bits per heavy atom. The fourth-order valence-electron chi connectivity index (χ4n) is 7.08. The van der Waals surface area contributed by atoms with Gasteiger partial charge in [-0.05, 0) is 105 Å². The molecule has 0 saturated heterocycles. The second-order valence-electron chi connectivity index (χ2n) is 13.4. The molecule has 6 N–H and O–H groups in total. The molecule has 0 aliphatic heterocycles. The number of rotatable bonds is 6. The minimum absolute atomic E-state index is 0.00370. The molecular formula is C52H40B3BrO6. The summed E-state index contributed by atoms with van der Waals surface area (Å²) in [7, 11) is -5.15. The van der Waals surface area contributed by atoms with E-state index >= 15 is 0 Å². The maximum absolute atomic E-state index is 10.1. The zero-order valence-electron chi connectivity index (χ0n) is 50.0. The van der Waals surface area contributed by atoms with Crippen LogP contribution in [-0.2, 0) is 0 Å². The van der Waals surface area contributed by atoms with E-state index in [0.717, 1.165) is 4.47 Å². The minimum Gasteiger partial charge on any atom is -0.423 e. The summed E-state index contributed by atoms with van der Waals surface area (Å²) in [6, 6.07) is 16.7. The topological polar surface area (TPSA) is 121 Å². The SMILES string of the molecule is OB(O)c1ccc(Br)cc1.[2H]c1c([2H])c([2H])c(-c2c3ccccc3c(-c3ccc(B(O)O)cc3)c3c([2H])c([2H])c([2H])c([2H])c23)c([2H])c1[2H].[2H]c1c([2H])c([2H])c(-c2c3ccccc3c(B(O)O)c3c([2H])c([2H])c([2H])c([2H])c23)c([2H])c1[2H]. The molecule has 0 aliphatic rings. The summed E-state index contributed by atoms with van der Waals surface area (Å²) < 4.78 is 151. The fraction of sp³-hybridized carbons (Fsp3) is 0. The molecule has 0 saturated carbocycles. The van der Waals surface area contributed by atoms with Gasteiger partial charge in [0.15, 0.2) is 0 Å². The van der Waals surface area contributed by atoms with Gasteiger partial charge in [0.2, 0.25) is 0 Å². The molecule has 0 heterocycles. The third-order valence-corrected chi connectivity index (χ3v) is 10.3. The van der Waals surface area contributed by atoms with Gasteiger partial charge in [-0.1, -0.05) is 210 Å². The van der Waals surface area contributed by atoms with Gasteiger partial charge in [-0.3, -0.25) is 0 Å². The number of fused-ring (bicyclic) bond motifs is 4.